The van der Waals surface area contributed by atoms with E-state index in [1.54, 1.807) is 13.8 Å². The molecule has 1 N–H and O–H groups in total. The van der Waals surface area contributed by atoms with Crippen LogP contribution in [0.1, 0.15) is 24.2 Å². The predicted molar refractivity (Wildman–Crippen MR) is 78.9 cm³/mol. The van der Waals surface area contributed by atoms with Crippen molar-refractivity contribution in [2.45, 2.75) is 13.8 Å². The zero-order valence-electron chi connectivity index (χ0n) is 12.0. The van der Waals surface area contributed by atoms with Crippen LogP contribution in [-0.2, 0) is 4.79 Å². The van der Waals surface area contributed by atoms with Crippen LogP contribution in [0.4, 0.5) is 8.78 Å². The third-order valence-corrected chi connectivity index (χ3v) is 3.49. The number of carbonyl (C=O) groups is 2. The fourth-order valence-electron chi connectivity index (χ4n) is 1.57. The van der Waals surface area contributed by atoms with Crippen LogP contribution in [0.15, 0.2) is 16.6 Å². The average Bonchev–Trinajstić information content (AvgIpc) is 2.42. The maximum atomic E-state index is 13.8. The average molecular weight is 363 g/mol. The molecule has 0 bridgehead atoms. The minimum Gasteiger partial charge on any atom is -0.354 e. The maximum absolute atomic E-state index is 13.8. The Kier molecular flexibility index (Phi) is 6.26. The fraction of sp³-hybridized carbons (Fsp3) is 0.429. The van der Waals surface area contributed by atoms with E-state index in [1.165, 1.54) is 13.1 Å². The first-order valence-electron chi connectivity index (χ1n) is 6.42. The molecule has 0 aliphatic carbocycles. The lowest BCUT2D eigenvalue weighted by molar-refractivity contribution is -0.124. The van der Waals surface area contributed by atoms with Crippen LogP contribution in [0.5, 0.6) is 0 Å². The molecule has 1 aromatic rings. The lowest BCUT2D eigenvalue weighted by atomic mass is 10.1. The lowest BCUT2D eigenvalue weighted by Gasteiger charge is -2.19. The summed E-state index contributed by atoms with van der Waals surface area (Å²) in [6, 6.07) is 2.22. The number of benzene rings is 1. The number of rotatable bonds is 5. The Bertz CT molecular complexity index is 550. The van der Waals surface area contributed by atoms with Gasteiger partial charge in [-0.05, 0) is 28.1 Å². The van der Waals surface area contributed by atoms with Crippen molar-refractivity contribution >= 4 is 27.7 Å². The molecule has 0 radical (unpaired) electrons. The van der Waals surface area contributed by atoms with Gasteiger partial charge in [0.1, 0.15) is 11.4 Å². The van der Waals surface area contributed by atoms with Gasteiger partial charge >= 0.3 is 0 Å². The second-order valence-electron chi connectivity index (χ2n) is 4.89. The number of hydrogen-bond acceptors (Lipinski definition) is 2. The van der Waals surface area contributed by atoms with Crippen molar-refractivity contribution in [1.29, 1.82) is 0 Å². The minimum absolute atomic E-state index is 0.0220. The molecule has 7 heteroatoms. The highest BCUT2D eigenvalue weighted by Gasteiger charge is 2.22. The monoisotopic (exact) mass is 362 g/mol. The van der Waals surface area contributed by atoms with Crippen molar-refractivity contribution in [3.05, 3.63) is 33.8 Å². The molecule has 0 saturated carbocycles. The van der Waals surface area contributed by atoms with Gasteiger partial charge in [0, 0.05) is 26.1 Å². The number of amides is 2. The topological polar surface area (TPSA) is 49.4 Å². The first-order chi connectivity index (χ1) is 9.75. The third-order valence-electron chi connectivity index (χ3n) is 2.88. The highest BCUT2D eigenvalue weighted by atomic mass is 79.9. The third kappa shape index (κ3) is 4.49. The number of hydrogen-bond donors (Lipinski definition) is 1. The molecule has 0 heterocycles. The van der Waals surface area contributed by atoms with Gasteiger partial charge in [-0.1, -0.05) is 13.8 Å². The van der Waals surface area contributed by atoms with Crippen molar-refractivity contribution in [2.24, 2.45) is 5.92 Å². The van der Waals surface area contributed by atoms with Crippen LogP contribution in [-0.4, -0.2) is 36.9 Å². The maximum Gasteiger partial charge on any atom is 0.259 e. The molecule has 1 rings (SSSR count). The zero-order chi connectivity index (χ0) is 16.2. The summed E-state index contributed by atoms with van der Waals surface area (Å²) in [5.74, 6) is -2.93. The molecule has 0 aliphatic rings. The van der Waals surface area contributed by atoms with E-state index in [0.29, 0.717) is 0 Å². The van der Waals surface area contributed by atoms with E-state index in [-0.39, 0.29) is 29.4 Å². The zero-order valence-corrected chi connectivity index (χ0v) is 13.6. The summed E-state index contributed by atoms with van der Waals surface area (Å²) < 4.78 is 27.5. The summed E-state index contributed by atoms with van der Waals surface area (Å²) in [5.41, 5.74) is -0.609. The van der Waals surface area contributed by atoms with Gasteiger partial charge < -0.3 is 10.2 Å². The highest BCUT2D eigenvalue weighted by molar-refractivity contribution is 9.10. The van der Waals surface area contributed by atoms with Gasteiger partial charge in [0.05, 0.1) is 4.47 Å². The SMILES string of the molecule is CC(C)C(=O)NCCN(C)C(=O)c1c(F)ccc(Br)c1F. The molecule has 0 aliphatic heterocycles. The first-order valence-corrected chi connectivity index (χ1v) is 7.21. The van der Waals surface area contributed by atoms with Crippen molar-refractivity contribution < 1.29 is 18.4 Å². The molecule has 0 fully saturated rings. The fourth-order valence-corrected chi connectivity index (χ4v) is 1.90. The molecule has 4 nitrogen and oxygen atoms in total. The van der Waals surface area contributed by atoms with Gasteiger partial charge in [-0.2, -0.15) is 0 Å². The van der Waals surface area contributed by atoms with E-state index in [4.69, 9.17) is 0 Å². The Morgan fingerprint density at radius 3 is 2.52 bits per heavy atom. The molecule has 116 valence electrons. The van der Waals surface area contributed by atoms with Gasteiger partial charge in [-0.15, -0.1) is 0 Å². The molecule has 0 atom stereocenters. The van der Waals surface area contributed by atoms with Gasteiger partial charge in [-0.25, -0.2) is 8.78 Å². The normalized spacial score (nSPS) is 10.6. The van der Waals surface area contributed by atoms with Gasteiger partial charge in [0.15, 0.2) is 5.82 Å². The molecule has 0 spiro atoms. The lowest BCUT2D eigenvalue weighted by Crippen LogP contribution is -2.38. The van der Waals surface area contributed by atoms with Crippen molar-refractivity contribution in [2.75, 3.05) is 20.1 Å². The van der Waals surface area contributed by atoms with E-state index in [2.05, 4.69) is 21.2 Å². The molecular weight excluding hydrogens is 346 g/mol. The Morgan fingerprint density at radius 2 is 1.95 bits per heavy atom. The van der Waals surface area contributed by atoms with Crippen LogP contribution in [0, 0.1) is 17.6 Å². The standard InChI is InChI=1S/C14H17BrF2N2O2/c1-8(2)13(20)18-6-7-19(3)14(21)11-10(16)5-4-9(15)12(11)17/h4-5,8H,6-7H2,1-3H3,(H,18,20). The highest BCUT2D eigenvalue weighted by Crippen LogP contribution is 2.22. The predicted octanol–water partition coefficient (Wildman–Crippen LogP) is 2.57. The van der Waals surface area contributed by atoms with Crippen LogP contribution < -0.4 is 5.32 Å². The first kappa shape index (κ1) is 17.6. The van der Waals surface area contributed by atoms with Gasteiger partial charge in [-0.3, -0.25) is 9.59 Å². The summed E-state index contributed by atoms with van der Waals surface area (Å²) in [6.07, 6.45) is 0. The van der Waals surface area contributed by atoms with E-state index in [1.807, 2.05) is 0 Å². The molecule has 2 amide bonds. The van der Waals surface area contributed by atoms with Crippen LogP contribution in [0.2, 0.25) is 0 Å². The molecule has 21 heavy (non-hydrogen) atoms. The minimum atomic E-state index is -0.932. The van der Waals surface area contributed by atoms with Crippen molar-refractivity contribution in [3.63, 3.8) is 0 Å². The summed E-state index contributed by atoms with van der Waals surface area (Å²) in [6.45, 7) is 3.87. The van der Waals surface area contributed by atoms with Crippen molar-refractivity contribution in [1.82, 2.24) is 10.2 Å². The molecule has 1 aromatic carbocycles. The second-order valence-corrected chi connectivity index (χ2v) is 5.74. The number of carbonyl (C=O) groups excluding carboxylic acids is 2. The Labute approximate surface area is 130 Å². The van der Waals surface area contributed by atoms with Gasteiger partial charge in [0.25, 0.3) is 5.91 Å². The van der Waals surface area contributed by atoms with Crippen LogP contribution in [0.25, 0.3) is 0 Å². The van der Waals surface area contributed by atoms with Crippen LogP contribution in [0.3, 0.4) is 0 Å². The summed E-state index contributed by atoms with van der Waals surface area (Å²) in [4.78, 5) is 24.6. The number of halogens is 3. The Balaban J connectivity index is 2.72. The number of nitrogens with zero attached hydrogens (tertiary/aromatic N) is 1. The van der Waals surface area contributed by atoms with Crippen LogP contribution >= 0.6 is 15.9 Å². The van der Waals surface area contributed by atoms with Gasteiger partial charge in [0.2, 0.25) is 5.91 Å². The van der Waals surface area contributed by atoms with E-state index < -0.39 is 23.1 Å². The Hall–Kier alpha value is -1.50. The van der Waals surface area contributed by atoms with E-state index >= 15 is 0 Å². The second kappa shape index (κ2) is 7.49. The molecule has 0 unspecified atom stereocenters. The quantitative estimate of drug-likeness (QED) is 0.818. The van der Waals surface area contributed by atoms with E-state index in [0.717, 1.165) is 11.0 Å². The molecule has 0 saturated heterocycles. The summed E-state index contributed by atoms with van der Waals surface area (Å²) in [5, 5.41) is 2.63. The van der Waals surface area contributed by atoms with E-state index in [9.17, 15) is 18.4 Å². The summed E-state index contributed by atoms with van der Waals surface area (Å²) >= 11 is 2.92. The molecule has 0 aromatic heterocycles. The number of likely N-dealkylation sites (N-methyl/N-ethyl adjacent to an activating group) is 1. The summed E-state index contributed by atoms with van der Waals surface area (Å²) in [7, 11) is 1.42. The Morgan fingerprint density at radius 1 is 1.33 bits per heavy atom. The molecular formula is C14H17BrF2N2O2. The van der Waals surface area contributed by atoms with Crippen molar-refractivity contribution in [3.8, 4) is 0 Å². The number of nitrogens with one attached hydrogen (secondary N) is 1. The smallest absolute Gasteiger partial charge is 0.259 e. The largest absolute Gasteiger partial charge is 0.354 e.